The van der Waals surface area contributed by atoms with Crippen LogP contribution in [-0.4, -0.2) is 11.9 Å². The van der Waals surface area contributed by atoms with Gasteiger partial charge in [-0.1, -0.05) is 31.0 Å². The third-order valence-electron chi connectivity index (χ3n) is 3.20. The summed E-state index contributed by atoms with van der Waals surface area (Å²) in [7, 11) is 0. The van der Waals surface area contributed by atoms with Gasteiger partial charge in [-0.05, 0) is 30.9 Å². The van der Waals surface area contributed by atoms with E-state index in [2.05, 4.69) is 12.2 Å². The summed E-state index contributed by atoms with van der Waals surface area (Å²) in [5.41, 5.74) is 7.41. The largest absolute Gasteiger partial charge is 0.398 e. The maximum Gasteiger partial charge on any atom is 0.224 e. The number of nitrogens with one attached hydrogen (secondary N) is 1. The first-order chi connectivity index (χ1) is 8.15. The van der Waals surface area contributed by atoms with Crippen LogP contribution in [0.4, 0.5) is 5.69 Å². The van der Waals surface area contributed by atoms with Crippen LogP contribution in [-0.2, 0) is 11.2 Å². The molecule has 1 aromatic rings. The number of carbonyl (C=O) groups is 1. The van der Waals surface area contributed by atoms with Crippen molar-refractivity contribution >= 4 is 11.6 Å². The molecule has 0 spiro atoms. The summed E-state index contributed by atoms with van der Waals surface area (Å²) in [6.45, 7) is 2.07. The Hall–Kier alpha value is -1.51. The number of rotatable bonds is 5. The molecule has 1 atom stereocenters. The van der Waals surface area contributed by atoms with Gasteiger partial charge in [0.1, 0.15) is 0 Å². The van der Waals surface area contributed by atoms with Crippen LogP contribution >= 0.6 is 0 Å². The molecule has 3 heteroatoms. The molecule has 1 unspecified atom stereocenters. The number of benzene rings is 1. The minimum Gasteiger partial charge on any atom is -0.398 e. The van der Waals surface area contributed by atoms with E-state index < -0.39 is 0 Å². The average molecular weight is 232 g/mol. The average Bonchev–Trinajstić information content (AvgIpc) is 3.05. The summed E-state index contributed by atoms with van der Waals surface area (Å²) in [4.78, 5) is 11.8. The molecule has 1 saturated carbocycles. The molecule has 0 bridgehead atoms. The van der Waals surface area contributed by atoms with Crippen molar-refractivity contribution in [3.8, 4) is 0 Å². The fraction of sp³-hybridized carbons (Fsp3) is 0.500. The predicted octanol–water partition coefficient (Wildman–Crippen LogP) is 2.12. The van der Waals surface area contributed by atoms with Crippen LogP contribution in [0.15, 0.2) is 24.3 Å². The van der Waals surface area contributed by atoms with Gasteiger partial charge in [-0.15, -0.1) is 0 Å². The van der Waals surface area contributed by atoms with Crippen LogP contribution in [0.25, 0.3) is 0 Å². The molecule has 0 aliphatic heterocycles. The SMILES string of the molecule is CC(CC1CC1)NC(=O)Cc1ccccc1N. The van der Waals surface area contributed by atoms with Crippen LogP contribution in [0.3, 0.4) is 0 Å². The Kier molecular flexibility index (Phi) is 3.67. The van der Waals surface area contributed by atoms with Gasteiger partial charge in [0.25, 0.3) is 0 Å². The third-order valence-corrected chi connectivity index (χ3v) is 3.20. The molecule has 0 radical (unpaired) electrons. The Morgan fingerprint density at radius 2 is 2.18 bits per heavy atom. The number of hydrogen-bond acceptors (Lipinski definition) is 2. The van der Waals surface area contributed by atoms with Gasteiger partial charge in [-0.3, -0.25) is 4.79 Å². The van der Waals surface area contributed by atoms with Crippen molar-refractivity contribution in [2.45, 2.75) is 38.6 Å². The van der Waals surface area contributed by atoms with Crippen LogP contribution in [0.5, 0.6) is 0 Å². The number of carbonyl (C=O) groups excluding carboxylic acids is 1. The first-order valence-electron chi connectivity index (χ1n) is 6.28. The Labute approximate surface area is 102 Å². The summed E-state index contributed by atoms with van der Waals surface area (Å²) < 4.78 is 0. The molecule has 0 heterocycles. The Morgan fingerprint density at radius 1 is 1.47 bits per heavy atom. The Bertz CT molecular complexity index is 399. The van der Waals surface area contributed by atoms with Gasteiger partial charge in [0.15, 0.2) is 0 Å². The number of anilines is 1. The normalized spacial score (nSPS) is 16.5. The zero-order valence-corrected chi connectivity index (χ0v) is 10.3. The van der Waals surface area contributed by atoms with E-state index in [9.17, 15) is 4.79 Å². The zero-order valence-electron chi connectivity index (χ0n) is 10.3. The van der Waals surface area contributed by atoms with Crippen molar-refractivity contribution < 1.29 is 4.79 Å². The molecule has 1 aliphatic rings. The van der Waals surface area contributed by atoms with Crippen molar-refractivity contribution in [1.82, 2.24) is 5.32 Å². The van der Waals surface area contributed by atoms with E-state index in [1.165, 1.54) is 12.8 Å². The first-order valence-corrected chi connectivity index (χ1v) is 6.28. The molecular weight excluding hydrogens is 212 g/mol. The zero-order chi connectivity index (χ0) is 12.3. The quantitative estimate of drug-likeness (QED) is 0.764. The lowest BCUT2D eigenvalue weighted by atomic mass is 10.1. The molecule has 0 saturated heterocycles. The molecule has 3 nitrogen and oxygen atoms in total. The minimum atomic E-state index is 0.0658. The van der Waals surface area contributed by atoms with E-state index in [-0.39, 0.29) is 11.9 Å². The summed E-state index contributed by atoms with van der Waals surface area (Å²) in [5, 5.41) is 3.03. The molecule has 92 valence electrons. The van der Waals surface area contributed by atoms with E-state index in [1.54, 1.807) is 0 Å². The smallest absolute Gasteiger partial charge is 0.224 e. The van der Waals surface area contributed by atoms with Crippen molar-refractivity contribution in [1.29, 1.82) is 0 Å². The third kappa shape index (κ3) is 3.77. The van der Waals surface area contributed by atoms with E-state index >= 15 is 0 Å². The number of nitrogen functional groups attached to an aromatic ring is 1. The highest BCUT2D eigenvalue weighted by Gasteiger charge is 2.24. The van der Waals surface area contributed by atoms with Gasteiger partial charge < -0.3 is 11.1 Å². The van der Waals surface area contributed by atoms with Crippen molar-refractivity contribution in [2.24, 2.45) is 5.92 Å². The van der Waals surface area contributed by atoms with Gasteiger partial charge in [0.05, 0.1) is 6.42 Å². The molecule has 1 aliphatic carbocycles. The lowest BCUT2D eigenvalue weighted by molar-refractivity contribution is -0.121. The lowest BCUT2D eigenvalue weighted by Crippen LogP contribution is -2.34. The molecule has 0 aromatic heterocycles. The van der Waals surface area contributed by atoms with Crippen molar-refractivity contribution in [3.63, 3.8) is 0 Å². The second kappa shape index (κ2) is 5.21. The predicted molar refractivity (Wildman–Crippen MR) is 69.5 cm³/mol. The first kappa shape index (κ1) is 12.0. The fourth-order valence-corrected chi connectivity index (χ4v) is 2.11. The van der Waals surface area contributed by atoms with Gasteiger partial charge >= 0.3 is 0 Å². The van der Waals surface area contributed by atoms with Crippen LogP contribution < -0.4 is 11.1 Å². The molecule has 2 rings (SSSR count). The van der Waals surface area contributed by atoms with Crippen molar-refractivity contribution in [2.75, 3.05) is 5.73 Å². The number of hydrogen-bond donors (Lipinski definition) is 2. The molecule has 1 fully saturated rings. The lowest BCUT2D eigenvalue weighted by Gasteiger charge is -2.13. The standard InChI is InChI=1S/C14H20N2O/c1-10(8-11-6-7-11)16-14(17)9-12-4-2-3-5-13(12)15/h2-5,10-11H,6-9,15H2,1H3,(H,16,17). The fourth-order valence-electron chi connectivity index (χ4n) is 2.11. The maximum atomic E-state index is 11.8. The van der Waals surface area contributed by atoms with Crippen LogP contribution in [0, 0.1) is 5.92 Å². The van der Waals surface area contributed by atoms with Crippen LogP contribution in [0.2, 0.25) is 0 Å². The summed E-state index contributed by atoms with van der Waals surface area (Å²) in [6, 6.07) is 7.80. The second-order valence-corrected chi connectivity index (χ2v) is 5.02. The Balaban J connectivity index is 1.82. The summed E-state index contributed by atoms with van der Waals surface area (Å²) in [5.74, 6) is 0.906. The molecule has 17 heavy (non-hydrogen) atoms. The molecule has 1 aromatic carbocycles. The summed E-state index contributed by atoms with van der Waals surface area (Å²) in [6.07, 6.45) is 4.13. The number of para-hydroxylation sites is 1. The van der Waals surface area contributed by atoms with E-state index in [0.717, 1.165) is 17.9 Å². The minimum absolute atomic E-state index is 0.0658. The Morgan fingerprint density at radius 3 is 2.82 bits per heavy atom. The number of nitrogens with two attached hydrogens (primary N) is 1. The summed E-state index contributed by atoms with van der Waals surface area (Å²) >= 11 is 0. The topological polar surface area (TPSA) is 55.1 Å². The molecule has 1 amide bonds. The van der Waals surface area contributed by atoms with Gasteiger partial charge in [-0.2, -0.15) is 0 Å². The second-order valence-electron chi connectivity index (χ2n) is 5.02. The van der Waals surface area contributed by atoms with Gasteiger partial charge in [-0.25, -0.2) is 0 Å². The van der Waals surface area contributed by atoms with E-state index in [1.807, 2.05) is 24.3 Å². The van der Waals surface area contributed by atoms with Gasteiger partial charge in [0.2, 0.25) is 5.91 Å². The van der Waals surface area contributed by atoms with Crippen molar-refractivity contribution in [3.05, 3.63) is 29.8 Å². The molecular formula is C14H20N2O. The van der Waals surface area contributed by atoms with Crippen LogP contribution in [0.1, 0.15) is 31.7 Å². The highest BCUT2D eigenvalue weighted by Crippen LogP contribution is 2.33. The molecule has 3 N–H and O–H groups in total. The highest BCUT2D eigenvalue weighted by atomic mass is 16.1. The monoisotopic (exact) mass is 232 g/mol. The van der Waals surface area contributed by atoms with E-state index in [0.29, 0.717) is 12.1 Å². The highest BCUT2D eigenvalue weighted by molar-refractivity contribution is 5.80. The maximum absolute atomic E-state index is 11.8. The van der Waals surface area contributed by atoms with Gasteiger partial charge in [0, 0.05) is 11.7 Å². The van der Waals surface area contributed by atoms with E-state index in [4.69, 9.17) is 5.73 Å². The number of amides is 1.